The molecule has 7 nitrogen and oxygen atoms in total. The van der Waals surface area contributed by atoms with Crippen LogP contribution in [0.1, 0.15) is 5.56 Å². The van der Waals surface area contributed by atoms with Gasteiger partial charge in [0.2, 0.25) is 0 Å². The van der Waals surface area contributed by atoms with Crippen molar-refractivity contribution in [3.63, 3.8) is 0 Å². The van der Waals surface area contributed by atoms with E-state index in [-0.39, 0.29) is 5.56 Å². The number of nitrogens with one attached hydrogen (secondary N) is 2. The molecule has 0 aliphatic heterocycles. The third kappa shape index (κ3) is 4.69. The van der Waals surface area contributed by atoms with Gasteiger partial charge in [0.1, 0.15) is 17.3 Å². The summed E-state index contributed by atoms with van der Waals surface area (Å²) in [6.07, 6.45) is 0. The van der Waals surface area contributed by atoms with Crippen molar-refractivity contribution < 1.29 is 9.47 Å². The number of fused-ring (bicyclic) bond motifs is 1. The summed E-state index contributed by atoms with van der Waals surface area (Å²) in [5.74, 6) is 2.00. The van der Waals surface area contributed by atoms with Crippen LogP contribution in [0.5, 0.6) is 11.5 Å². The highest BCUT2D eigenvalue weighted by atomic mass is 16.5. The van der Waals surface area contributed by atoms with E-state index in [0.717, 1.165) is 39.3 Å². The summed E-state index contributed by atoms with van der Waals surface area (Å²) < 4.78 is 12.2. The number of aromatic nitrogens is 3. The number of rotatable bonds is 8. The second-order valence-electron chi connectivity index (χ2n) is 9.32. The van der Waals surface area contributed by atoms with E-state index in [9.17, 15) is 4.79 Å². The van der Waals surface area contributed by atoms with Crippen molar-refractivity contribution in [3.8, 4) is 45.0 Å². The molecule has 7 heteroatoms. The maximum atomic E-state index is 14.2. The van der Waals surface area contributed by atoms with Crippen LogP contribution in [0.25, 0.3) is 39.2 Å². The molecule has 0 unspecified atom stereocenters. The zero-order valence-electron chi connectivity index (χ0n) is 22.2. The highest BCUT2D eigenvalue weighted by molar-refractivity contribution is 5.92. The van der Waals surface area contributed by atoms with E-state index in [2.05, 4.69) is 10.4 Å². The molecule has 0 saturated heterocycles. The number of nitrogens with zero attached hydrogens (tertiary/aromatic N) is 2. The number of methoxy groups -OCH3 is 2. The molecule has 0 bridgehead atoms. The maximum absolute atomic E-state index is 14.2. The number of ether oxygens (including phenoxy) is 2. The first-order valence-corrected chi connectivity index (χ1v) is 13.0. The molecule has 6 rings (SSSR count). The largest absolute Gasteiger partial charge is 0.497 e. The molecule has 0 fully saturated rings. The Labute approximate surface area is 231 Å². The number of H-pyrrole nitrogens is 1. The Hall–Kier alpha value is -5.30. The highest BCUT2D eigenvalue weighted by Gasteiger charge is 2.22. The SMILES string of the molecule is COc1ccc(CNc2nc3c(-c4ccccc4)c(-c4ccccc4)[nH]n3c(=O)c2-c2ccc(OC)cc2)cc1. The molecule has 0 radical (unpaired) electrons. The Kier molecular flexibility index (Phi) is 6.77. The molecule has 4 aromatic carbocycles. The molecule has 2 aromatic heterocycles. The van der Waals surface area contributed by atoms with Gasteiger partial charge in [-0.15, -0.1) is 0 Å². The van der Waals surface area contributed by atoms with E-state index in [0.29, 0.717) is 29.3 Å². The van der Waals surface area contributed by atoms with E-state index >= 15 is 0 Å². The molecule has 6 aromatic rings. The molecule has 0 amide bonds. The lowest BCUT2D eigenvalue weighted by Gasteiger charge is -2.13. The van der Waals surface area contributed by atoms with Gasteiger partial charge in [-0.1, -0.05) is 84.9 Å². The Bertz CT molecular complexity index is 1810. The average Bonchev–Trinajstić information content (AvgIpc) is 3.41. The van der Waals surface area contributed by atoms with Crippen molar-refractivity contribution in [3.05, 3.63) is 125 Å². The zero-order valence-corrected chi connectivity index (χ0v) is 22.2. The lowest BCUT2D eigenvalue weighted by Crippen LogP contribution is -2.20. The first-order chi connectivity index (χ1) is 19.7. The number of benzene rings is 4. The third-order valence-corrected chi connectivity index (χ3v) is 6.90. The Balaban J connectivity index is 1.57. The monoisotopic (exact) mass is 528 g/mol. The molecule has 0 aliphatic rings. The smallest absolute Gasteiger partial charge is 0.282 e. The third-order valence-electron chi connectivity index (χ3n) is 6.90. The maximum Gasteiger partial charge on any atom is 0.282 e. The van der Waals surface area contributed by atoms with Gasteiger partial charge in [-0.2, -0.15) is 4.52 Å². The fraction of sp³-hybridized carbons (Fsp3) is 0.0909. The van der Waals surface area contributed by atoms with Crippen molar-refractivity contribution in [2.24, 2.45) is 0 Å². The number of hydrogen-bond acceptors (Lipinski definition) is 5. The van der Waals surface area contributed by atoms with Crippen molar-refractivity contribution in [1.82, 2.24) is 14.6 Å². The van der Waals surface area contributed by atoms with Crippen LogP contribution in [0.4, 0.5) is 5.82 Å². The Morgan fingerprint density at radius 1 is 0.700 bits per heavy atom. The summed E-state index contributed by atoms with van der Waals surface area (Å²) in [6, 6.07) is 35.2. The standard InChI is InChI=1S/C33H28N4O3/c1-39-26-17-13-22(14-18-26)21-34-31-29(24-15-19-27(40-2)20-16-24)33(38)37-32(35-31)28(23-9-5-3-6-10-23)30(36-37)25-11-7-4-8-12-25/h3-20,34,36H,21H2,1-2H3. The van der Waals surface area contributed by atoms with E-state index in [1.54, 1.807) is 18.7 Å². The highest BCUT2D eigenvalue weighted by Crippen LogP contribution is 2.36. The molecular weight excluding hydrogens is 500 g/mol. The zero-order chi connectivity index (χ0) is 27.5. The van der Waals surface area contributed by atoms with Gasteiger partial charge in [0.15, 0.2) is 5.65 Å². The molecule has 0 spiro atoms. The van der Waals surface area contributed by atoms with Crippen LogP contribution in [0.15, 0.2) is 114 Å². The normalized spacial score (nSPS) is 10.9. The molecule has 2 heterocycles. The van der Waals surface area contributed by atoms with Gasteiger partial charge in [-0.25, -0.2) is 4.98 Å². The van der Waals surface area contributed by atoms with Crippen LogP contribution in [0.2, 0.25) is 0 Å². The summed E-state index contributed by atoms with van der Waals surface area (Å²) in [5.41, 5.74) is 6.19. The second-order valence-corrected chi connectivity index (χ2v) is 9.32. The van der Waals surface area contributed by atoms with E-state index in [4.69, 9.17) is 14.5 Å². The van der Waals surface area contributed by atoms with Crippen LogP contribution < -0.4 is 20.3 Å². The van der Waals surface area contributed by atoms with Crippen LogP contribution in [0, 0.1) is 0 Å². The van der Waals surface area contributed by atoms with Gasteiger partial charge in [-0.3, -0.25) is 9.89 Å². The first kappa shape index (κ1) is 25.0. The van der Waals surface area contributed by atoms with E-state index in [1.165, 1.54) is 0 Å². The van der Waals surface area contributed by atoms with E-state index in [1.807, 2.05) is 109 Å². The molecular formula is C33H28N4O3. The summed E-state index contributed by atoms with van der Waals surface area (Å²) >= 11 is 0. The Morgan fingerprint density at radius 3 is 1.85 bits per heavy atom. The second kappa shape index (κ2) is 10.8. The van der Waals surface area contributed by atoms with Crippen molar-refractivity contribution in [2.75, 3.05) is 19.5 Å². The molecule has 0 aliphatic carbocycles. The molecule has 198 valence electrons. The van der Waals surface area contributed by atoms with Gasteiger partial charge in [0, 0.05) is 12.1 Å². The molecule has 0 saturated carbocycles. The van der Waals surface area contributed by atoms with Crippen molar-refractivity contribution in [1.29, 1.82) is 0 Å². The Morgan fingerprint density at radius 2 is 1.25 bits per heavy atom. The molecule has 0 atom stereocenters. The summed E-state index contributed by atoms with van der Waals surface area (Å²) in [5, 5.41) is 6.81. The van der Waals surface area contributed by atoms with E-state index < -0.39 is 0 Å². The predicted molar refractivity (Wildman–Crippen MR) is 159 cm³/mol. The first-order valence-electron chi connectivity index (χ1n) is 13.0. The number of anilines is 1. The number of hydrogen-bond donors (Lipinski definition) is 2. The van der Waals surface area contributed by atoms with Gasteiger partial charge < -0.3 is 14.8 Å². The minimum absolute atomic E-state index is 0.202. The predicted octanol–water partition coefficient (Wildman–Crippen LogP) is 6.65. The van der Waals surface area contributed by atoms with Crippen LogP contribution in [-0.4, -0.2) is 28.8 Å². The topological polar surface area (TPSA) is 80.6 Å². The lowest BCUT2D eigenvalue weighted by atomic mass is 10.0. The minimum atomic E-state index is -0.202. The number of aromatic amines is 1. The van der Waals surface area contributed by atoms with Gasteiger partial charge in [0.05, 0.1) is 31.0 Å². The van der Waals surface area contributed by atoms with Crippen LogP contribution >= 0.6 is 0 Å². The van der Waals surface area contributed by atoms with Gasteiger partial charge in [-0.05, 0) is 41.0 Å². The fourth-order valence-corrected chi connectivity index (χ4v) is 4.84. The van der Waals surface area contributed by atoms with Crippen LogP contribution in [-0.2, 0) is 6.54 Å². The summed E-state index contributed by atoms with van der Waals surface area (Å²) in [6.45, 7) is 0.479. The van der Waals surface area contributed by atoms with Crippen molar-refractivity contribution in [2.45, 2.75) is 6.54 Å². The summed E-state index contributed by atoms with van der Waals surface area (Å²) in [4.78, 5) is 19.3. The lowest BCUT2D eigenvalue weighted by molar-refractivity contribution is 0.414. The fourth-order valence-electron chi connectivity index (χ4n) is 4.84. The average molecular weight is 529 g/mol. The quantitative estimate of drug-likeness (QED) is 0.231. The van der Waals surface area contributed by atoms with Crippen molar-refractivity contribution >= 4 is 11.5 Å². The summed E-state index contributed by atoms with van der Waals surface area (Å²) in [7, 11) is 3.26. The van der Waals surface area contributed by atoms with Gasteiger partial charge >= 0.3 is 0 Å². The van der Waals surface area contributed by atoms with Gasteiger partial charge in [0.25, 0.3) is 5.56 Å². The minimum Gasteiger partial charge on any atom is -0.497 e. The van der Waals surface area contributed by atoms with Crippen LogP contribution in [0.3, 0.4) is 0 Å². The molecule has 40 heavy (non-hydrogen) atoms. The molecule has 2 N–H and O–H groups in total.